The van der Waals surface area contributed by atoms with Crippen LogP contribution < -0.4 is 5.32 Å². The molecule has 0 bridgehead atoms. The van der Waals surface area contributed by atoms with Crippen molar-refractivity contribution in [2.24, 2.45) is 0 Å². The van der Waals surface area contributed by atoms with Crippen LogP contribution in [0.25, 0.3) is 11.3 Å². The van der Waals surface area contributed by atoms with Gasteiger partial charge in [0.25, 0.3) is 5.91 Å². The predicted octanol–water partition coefficient (Wildman–Crippen LogP) is 4.03. The van der Waals surface area contributed by atoms with Crippen molar-refractivity contribution in [3.05, 3.63) is 66.0 Å². The minimum atomic E-state index is -4.45. The summed E-state index contributed by atoms with van der Waals surface area (Å²) >= 11 is 0. The maximum absolute atomic E-state index is 12.8. The molecule has 0 spiro atoms. The molecule has 6 heteroatoms. The maximum atomic E-state index is 12.8. The van der Waals surface area contributed by atoms with Gasteiger partial charge in [-0.2, -0.15) is 13.2 Å². The number of aromatic nitrogens is 1. The van der Waals surface area contributed by atoms with E-state index in [2.05, 4.69) is 10.3 Å². The first kappa shape index (κ1) is 15.8. The van der Waals surface area contributed by atoms with Crippen molar-refractivity contribution >= 4 is 5.91 Å². The van der Waals surface area contributed by atoms with Crippen LogP contribution >= 0.6 is 0 Å². The van der Waals surface area contributed by atoms with Crippen LogP contribution in [-0.4, -0.2) is 10.9 Å². The van der Waals surface area contributed by atoms with Crippen molar-refractivity contribution in [1.29, 1.82) is 0 Å². The minimum Gasteiger partial charge on any atom is -0.329 e. The highest BCUT2D eigenvalue weighted by atomic mass is 19.4. The zero-order chi connectivity index (χ0) is 16.2. The second kappa shape index (κ2) is 6.43. The molecule has 0 saturated carbocycles. The van der Waals surface area contributed by atoms with Crippen molar-refractivity contribution in [3.8, 4) is 11.3 Å². The van der Waals surface area contributed by atoms with Gasteiger partial charge in [0.05, 0.1) is 16.8 Å². The van der Waals surface area contributed by atoms with Crippen LogP contribution in [0.5, 0.6) is 0 Å². The first-order valence-corrected chi connectivity index (χ1v) is 6.48. The van der Waals surface area contributed by atoms with E-state index < -0.39 is 17.6 Å². The monoisotopic (exact) mass is 306 g/mol. The van der Waals surface area contributed by atoms with Crippen LogP contribution in [0.2, 0.25) is 0 Å². The fraction of sp³-hybridized carbons (Fsp3) is 0.125. The van der Waals surface area contributed by atoms with Crippen LogP contribution in [0.4, 0.5) is 13.2 Å². The van der Waals surface area contributed by atoms with E-state index in [0.717, 1.165) is 12.1 Å². The van der Waals surface area contributed by atoms with Gasteiger partial charge in [0, 0.05) is 11.8 Å². The fourth-order valence-corrected chi connectivity index (χ4v) is 1.90. The summed E-state index contributed by atoms with van der Waals surface area (Å²) in [5, 5.41) is 2.52. The molecule has 1 amide bonds. The number of hydrogen-bond acceptors (Lipinski definition) is 2. The van der Waals surface area contributed by atoms with E-state index in [0.29, 0.717) is 0 Å². The lowest BCUT2D eigenvalue weighted by Gasteiger charge is -2.11. The Morgan fingerprint density at radius 3 is 2.68 bits per heavy atom. The summed E-state index contributed by atoms with van der Waals surface area (Å²) in [6.45, 7) is 1.73. The first-order valence-electron chi connectivity index (χ1n) is 6.48. The van der Waals surface area contributed by atoms with Crippen LogP contribution in [0.15, 0.2) is 54.9 Å². The summed E-state index contributed by atoms with van der Waals surface area (Å²) < 4.78 is 38.4. The third kappa shape index (κ3) is 3.52. The average molecular weight is 306 g/mol. The number of alkyl halides is 3. The Morgan fingerprint density at radius 2 is 2.00 bits per heavy atom. The maximum Gasteiger partial charge on any atom is 0.416 e. The van der Waals surface area contributed by atoms with E-state index in [1.54, 1.807) is 19.1 Å². The summed E-state index contributed by atoms with van der Waals surface area (Å²) in [5.74, 6) is -0.432. The molecular weight excluding hydrogens is 293 g/mol. The molecule has 114 valence electrons. The van der Waals surface area contributed by atoms with Crippen molar-refractivity contribution < 1.29 is 18.0 Å². The lowest BCUT2D eigenvalue weighted by Crippen LogP contribution is -2.18. The number of carbonyl (C=O) groups is 1. The van der Waals surface area contributed by atoms with Crippen LogP contribution in [0, 0.1) is 0 Å². The Kier molecular flexibility index (Phi) is 4.60. The molecule has 0 atom stereocenters. The molecule has 22 heavy (non-hydrogen) atoms. The number of amides is 1. The molecule has 0 aliphatic carbocycles. The Labute approximate surface area is 125 Å². The summed E-state index contributed by atoms with van der Waals surface area (Å²) in [5.41, 5.74) is -0.132. The molecule has 0 fully saturated rings. The predicted molar refractivity (Wildman–Crippen MR) is 77.0 cm³/mol. The van der Waals surface area contributed by atoms with Crippen molar-refractivity contribution in [2.45, 2.75) is 13.1 Å². The number of nitrogens with one attached hydrogen (secondary N) is 1. The van der Waals surface area contributed by atoms with Gasteiger partial charge in [-0.15, -0.1) is 0 Å². The summed E-state index contributed by atoms with van der Waals surface area (Å²) in [6.07, 6.45) is 0.0731. The van der Waals surface area contributed by atoms with E-state index in [-0.39, 0.29) is 16.8 Å². The Hall–Kier alpha value is -2.63. The zero-order valence-corrected chi connectivity index (χ0v) is 11.7. The lowest BCUT2D eigenvalue weighted by molar-refractivity contribution is -0.137. The molecule has 0 aliphatic rings. The van der Waals surface area contributed by atoms with Crippen molar-refractivity contribution in [2.75, 3.05) is 0 Å². The van der Waals surface area contributed by atoms with E-state index in [1.165, 1.54) is 30.6 Å². The molecule has 0 saturated heterocycles. The summed E-state index contributed by atoms with van der Waals surface area (Å²) in [7, 11) is 0. The number of nitrogens with zero attached hydrogens (tertiary/aromatic N) is 1. The van der Waals surface area contributed by atoms with Gasteiger partial charge in [-0.1, -0.05) is 18.2 Å². The van der Waals surface area contributed by atoms with Crippen LogP contribution in [0.3, 0.4) is 0 Å². The molecule has 0 radical (unpaired) electrons. The smallest absolute Gasteiger partial charge is 0.329 e. The third-order valence-electron chi connectivity index (χ3n) is 2.90. The molecule has 1 aromatic heterocycles. The number of carbonyl (C=O) groups excluding carboxylic acids is 1. The molecule has 0 aliphatic heterocycles. The molecule has 2 aromatic rings. The molecule has 1 aromatic carbocycles. The summed E-state index contributed by atoms with van der Waals surface area (Å²) in [6, 6.07) is 7.81. The SMILES string of the molecule is C/C=C/NC(=O)c1cccnc1-c1cccc(C(F)(F)F)c1. The van der Waals surface area contributed by atoms with E-state index >= 15 is 0 Å². The topological polar surface area (TPSA) is 42.0 Å². The van der Waals surface area contributed by atoms with Gasteiger partial charge in [0.15, 0.2) is 0 Å². The average Bonchev–Trinajstić information content (AvgIpc) is 2.52. The van der Waals surface area contributed by atoms with Gasteiger partial charge in [0.1, 0.15) is 0 Å². The van der Waals surface area contributed by atoms with Crippen molar-refractivity contribution in [3.63, 3.8) is 0 Å². The molecule has 3 nitrogen and oxygen atoms in total. The van der Waals surface area contributed by atoms with E-state index in [9.17, 15) is 18.0 Å². The second-order valence-electron chi connectivity index (χ2n) is 4.45. The molecule has 0 unspecified atom stereocenters. The van der Waals surface area contributed by atoms with Gasteiger partial charge in [0.2, 0.25) is 0 Å². The third-order valence-corrected chi connectivity index (χ3v) is 2.90. The lowest BCUT2D eigenvalue weighted by atomic mass is 10.0. The number of halogens is 3. The van der Waals surface area contributed by atoms with Gasteiger partial charge >= 0.3 is 6.18 Å². The van der Waals surface area contributed by atoms with Crippen LogP contribution in [0.1, 0.15) is 22.8 Å². The van der Waals surface area contributed by atoms with Gasteiger partial charge < -0.3 is 5.32 Å². The fourth-order valence-electron chi connectivity index (χ4n) is 1.90. The summed E-state index contributed by atoms with van der Waals surface area (Å²) in [4.78, 5) is 16.1. The quantitative estimate of drug-likeness (QED) is 0.930. The molecule has 1 heterocycles. The largest absolute Gasteiger partial charge is 0.416 e. The molecule has 2 rings (SSSR count). The normalized spacial score (nSPS) is 11.6. The number of hydrogen-bond donors (Lipinski definition) is 1. The number of rotatable bonds is 3. The number of allylic oxidation sites excluding steroid dienone is 1. The Bertz CT molecular complexity index is 709. The van der Waals surface area contributed by atoms with Crippen LogP contribution in [-0.2, 0) is 6.18 Å². The Balaban J connectivity index is 2.48. The van der Waals surface area contributed by atoms with Gasteiger partial charge in [-0.25, -0.2) is 0 Å². The highest BCUT2D eigenvalue weighted by Gasteiger charge is 2.30. The molecule has 1 N–H and O–H groups in total. The standard InChI is InChI=1S/C16H13F3N2O/c1-2-8-21-15(22)13-7-4-9-20-14(13)11-5-3-6-12(10-11)16(17,18)19/h2-10H,1H3,(H,21,22)/b8-2+. The van der Waals surface area contributed by atoms with E-state index in [4.69, 9.17) is 0 Å². The first-order chi connectivity index (χ1) is 10.4. The van der Waals surface area contributed by atoms with E-state index in [1.807, 2.05) is 0 Å². The highest BCUT2D eigenvalue weighted by molar-refractivity contribution is 6.00. The number of pyridine rings is 1. The van der Waals surface area contributed by atoms with Gasteiger partial charge in [-0.05, 0) is 37.4 Å². The molecular formula is C16H13F3N2O. The minimum absolute atomic E-state index is 0.204. The zero-order valence-electron chi connectivity index (χ0n) is 11.7. The number of benzene rings is 1. The second-order valence-corrected chi connectivity index (χ2v) is 4.45. The van der Waals surface area contributed by atoms with Gasteiger partial charge in [-0.3, -0.25) is 9.78 Å². The van der Waals surface area contributed by atoms with Crippen molar-refractivity contribution in [1.82, 2.24) is 10.3 Å². The highest BCUT2D eigenvalue weighted by Crippen LogP contribution is 2.32. The Morgan fingerprint density at radius 1 is 1.23 bits per heavy atom.